The van der Waals surface area contributed by atoms with E-state index in [-0.39, 0.29) is 11.8 Å². The number of aliphatic carboxylic acids is 1. The fourth-order valence-electron chi connectivity index (χ4n) is 4.21. The maximum Gasteiger partial charge on any atom is 0.307 e. The van der Waals surface area contributed by atoms with Crippen molar-refractivity contribution in [1.82, 2.24) is 0 Å². The lowest BCUT2D eigenvalue weighted by Gasteiger charge is -2.24. The van der Waals surface area contributed by atoms with Gasteiger partial charge in [0.25, 0.3) is 5.91 Å². The minimum atomic E-state index is -0.967. The highest BCUT2D eigenvalue weighted by molar-refractivity contribution is 7.17. The van der Waals surface area contributed by atoms with Crippen LogP contribution in [0.3, 0.4) is 0 Å². The zero-order valence-corrected chi connectivity index (χ0v) is 17.6. The number of para-hydroxylation sites is 1. The Bertz CT molecular complexity index is 1040. The van der Waals surface area contributed by atoms with E-state index in [0.717, 1.165) is 41.0 Å². The number of rotatable bonds is 5. The number of thiophene rings is 1. The molecular formula is C23H24N2O4S. The highest BCUT2D eigenvalue weighted by atomic mass is 32.1. The number of amides is 2. The number of benzene rings is 1. The molecule has 1 aromatic heterocycles. The monoisotopic (exact) mass is 424 g/mol. The first-order valence-electron chi connectivity index (χ1n) is 10.2. The van der Waals surface area contributed by atoms with Crippen LogP contribution in [0.5, 0.6) is 0 Å². The van der Waals surface area contributed by atoms with E-state index in [0.29, 0.717) is 23.4 Å². The van der Waals surface area contributed by atoms with Crippen molar-refractivity contribution in [2.75, 3.05) is 10.6 Å². The Kier molecular flexibility index (Phi) is 5.72. The van der Waals surface area contributed by atoms with Crippen LogP contribution in [0.4, 0.5) is 10.7 Å². The third-order valence-corrected chi connectivity index (χ3v) is 7.07. The van der Waals surface area contributed by atoms with Crippen LogP contribution in [0, 0.1) is 18.8 Å². The Morgan fingerprint density at radius 3 is 2.50 bits per heavy atom. The van der Waals surface area contributed by atoms with Crippen molar-refractivity contribution in [3.8, 4) is 0 Å². The quantitative estimate of drug-likeness (QED) is 0.620. The molecule has 1 aromatic carbocycles. The van der Waals surface area contributed by atoms with E-state index in [2.05, 4.69) is 10.6 Å². The van der Waals surface area contributed by atoms with Gasteiger partial charge >= 0.3 is 5.97 Å². The summed E-state index contributed by atoms with van der Waals surface area (Å²) in [6.07, 6.45) is 7.09. The molecule has 4 rings (SSSR count). The third-order valence-electron chi connectivity index (χ3n) is 5.86. The molecule has 2 amide bonds. The number of hydrogen-bond donors (Lipinski definition) is 3. The number of nitrogens with one attached hydrogen (secondary N) is 2. The molecule has 0 radical (unpaired) electrons. The van der Waals surface area contributed by atoms with E-state index < -0.39 is 17.8 Å². The van der Waals surface area contributed by atoms with Gasteiger partial charge in [-0.25, -0.2) is 0 Å². The molecule has 7 heteroatoms. The maximum atomic E-state index is 13.2. The van der Waals surface area contributed by atoms with E-state index >= 15 is 0 Å². The molecule has 0 spiro atoms. The summed E-state index contributed by atoms with van der Waals surface area (Å²) < 4.78 is 0. The zero-order chi connectivity index (χ0) is 21.3. The van der Waals surface area contributed by atoms with Gasteiger partial charge in [0.1, 0.15) is 5.00 Å². The first kappa shape index (κ1) is 20.3. The summed E-state index contributed by atoms with van der Waals surface area (Å²) in [5, 5.41) is 15.9. The Hall–Kier alpha value is -2.93. The van der Waals surface area contributed by atoms with Crippen LogP contribution in [0.1, 0.15) is 45.6 Å². The number of allylic oxidation sites excluding steroid dienone is 2. The molecule has 0 bridgehead atoms. The summed E-state index contributed by atoms with van der Waals surface area (Å²) in [7, 11) is 0. The largest absolute Gasteiger partial charge is 0.481 e. The lowest BCUT2D eigenvalue weighted by molar-refractivity contribution is -0.146. The van der Waals surface area contributed by atoms with E-state index in [9.17, 15) is 19.5 Å². The molecule has 30 heavy (non-hydrogen) atoms. The van der Waals surface area contributed by atoms with Crippen LogP contribution in [-0.2, 0) is 22.4 Å². The highest BCUT2D eigenvalue weighted by Gasteiger charge is 2.35. The van der Waals surface area contributed by atoms with Crippen molar-refractivity contribution in [3.05, 3.63) is 58.0 Å². The number of anilines is 2. The number of carbonyl (C=O) groups excluding carboxylic acids is 2. The Morgan fingerprint density at radius 1 is 1.03 bits per heavy atom. The highest BCUT2D eigenvalue weighted by Crippen LogP contribution is 2.40. The average Bonchev–Trinajstić information content (AvgIpc) is 3.30. The first-order valence-corrected chi connectivity index (χ1v) is 11.0. The molecule has 3 N–H and O–H groups in total. The van der Waals surface area contributed by atoms with Crippen LogP contribution in [0.15, 0.2) is 36.4 Å². The minimum absolute atomic E-state index is 0.239. The molecule has 2 aliphatic rings. The van der Waals surface area contributed by atoms with Gasteiger partial charge in [-0.15, -0.1) is 11.3 Å². The fourth-order valence-corrected chi connectivity index (χ4v) is 5.50. The van der Waals surface area contributed by atoms with Gasteiger partial charge in [-0.1, -0.05) is 30.4 Å². The molecule has 156 valence electrons. The molecule has 0 unspecified atom stereocenters. The van der Waals surface area contributed by atoms with Crippen LogP contribution < -0.4 is 10.6 Å². The van der Waals surface area contributed by atoms with Gasteiger partial charge in [0.15, 0.2) is 0 Å². The second kappa shape index (κ2) is 8.44. The summed E-state index contributed by atoms with van der Waals surface area (Å²) >= 11 is 1.44. The molecule has 2 atom stereocenters. The Labute approximate surface area is 179 Å². The van der Waals surface area contributed by atoms with Gasteiger partial charge in [-0.05, 0) is 56.2 Å². The van der Waals surface area contributed by atoms with E-state index in [1.807, 2.05) is 43.3 Å². The molecule has 0 saturated heterocycles. The topological polar surface area (TPSA) is 95.5 Å². The summed E-state index contributed by atoms with van der Waals surface area (Å²) in [5.74, 6) is -2.93. The van der Waals surface area contributed by atoms with Gasteiger partial charge in [-0.2, -0.15) is 0 Å². The van der Waals surface area contributed by atoms with Gasteiger partial charge < -0.3 is 15.7 Å². The summed E-state index contributed by atoms with van der Waals surface area (Å²) in [6.45, 7) is 1.93. The predicted molar refractivity (Wildman–Crippen MR) is 117 cm³/mol. The van der Waals surface area contributed by atoms with Gasteiger partial charge in [-0.3, -0.25) is 14.4 Å². The second-order valence-electron chi connectivity index (χ2n) is 7.81. The molecule has 6 nitrogen and oxygen atoms in total. The Balaban J connectivity index is 1.61. The van der Waals surface area contributed by atoms with Crippen molar-refractivity contribution >= 4 is 39.8 Å². The SMILES string of the molecule is Cc1ccccc1NC(=O)c1c(NC(=O)[C@@H]2CC=CC[C@H]2C(=O)O)sc2c1CCC2. The van der Waals surface area contributed by atoms with Crippen molar-refractivity contribution in [3.63, 3.8) is 0 Å². The van der Waals surface area contributed by atoms with Gasteiger partial charge in [0.2, 0.25) is 5.91 Å². The molecule has 0 aliphatic heterocycles. The van der Waals surface area contributed by atoms with Gasteiger partial charge in [0.05, 0.1) is 17.4 Å². The van der Waals surface area contributed by atoms with Crippen molar-refractivity contribution in [2.24, 2.45) is 11.8 Å². The molecule has 0 fully saturated rings. The molecule has 1 heterocycles. The van der Waals surface area contributed by atoms with Crippen molar-refractivity contribution in [1.29, 1.82) is 0 Å². The number of aryl methyl sites for hydroxylation is 2. The van der Waals surface area contributed by atoms with Gasteiger partial charge in [0, 0.05) is 10.6 Å². The normalized spacial score (nSPS) is 19.9. The fraction of sp³-hybridized carbons (Fsp3) is 0.348. The van der Waals surface area contributed by atoms with Crippen LogP contribution >= 0.6 is 11.3 Å². The summed E-state index contributed by atoms with van der Waals surface area (Å²) in [4.78, 5) is 38.8. The molecule has 2 aliphatic carbocycles. The zero-order valence-electron chi connectivity index (χ0n) is 16.7. The Morgan fingerprint density at radius 2 is 1.77 bits per heavy atom. The summed E-state index contributed by atoms with van der Waals surface area (Å²) in [6, 6.07) is 7.56. The summed E-state index contributed by atoms with van der Waals surface area (Å²) in [5.41, 5.74) is 3.21. The number of carboxylic acids is 1. The third kappa shape index (κ3) is 3.89. The van der Waals surface area contributed by atoms with Crippen molar-refractivity contribution in [2.45, 2.75) is 39.0 Å². The molecular weight excluding hydrogens is 400 g/mol. The molecule has 0 saturated carbocycles. The van der Waals surface area contributed by atoms with E-state index in [4.69, 9.17) is 0 Å². The van der Waals surface area contributed by atoms with Crippen LogP contribution in [0.25, 0.3) is 0 Å². The predicted octanol–water partition coefficient (Wildman–Crippen LogP) is 4.40. The van der Waals surface area contributed by atoms with Crippen LogP contribution in [0.2, 0.25) is 0 Å². The number of carboxylic acid groups (broad SMARTS) is 1. The van der Waals surface area contributed by atoms with E-state index in [1.54, 1.807) is 0 Å². The lowest BCUT2D eigenvalue weighted by atomic mass is 9.82. The number of carbonyl (C=O) groups is 3. The second-order valence-corrected chi connectivity index (χ2v) is 8.92. The lowest BCUT2D eigenvalue weighted by Crippen LogP contribution is -2.35. The van der Waals surface area contributed by atoms with Crippen LogP contribution in [-0.4, -0.2) is 22.9 Å². The average molecular weight is 425 g/mol. The van der Waals surface area contributed by atoms with E-state index in [1.165, 1.54) is 11.3 Å². The number of fused-ring (bicyclic) bond motifs is 1. The smallest absolute Gasteiger partial charge is 0.307 e. The minimum Gasteiger partial charge on any atom is -0.481 e. The number of hydrogen-bond acceptors (Lipinski definition) is 4. The maximum absolute atomic E-state index is 13.2. The molecule has 2 aromatic rings. The van der Waals surface area contributed by atoms with Crippen molar-refractivity contribution < 1.29 is 19.5 Å². The standard InChI is InChI=1S/C23H24N2O4S/c1-13-7-2-5-11-17(13)24-21(27)19-16-10-6-12-18(16)30-22(19)25-20(26)14-8-3-4-9-15(14)23(28)29/h2-5,7,11,14-15H,6,8-10,12H2,1H3,(H,24,27)(H,25,26)(H,28,29)/t14-,15-/m1/s1. The first-order chi connectivity index (χ1) is 14.5.